The third-order valence-electron chi connectivity index (χ3n) is 3.36. The second kappa shape index (κ2) is 4.88. The molecule has 2 rings (SSSR count). The van der Waals surface area contributed by atoms with Crippen LogP contribution in [0.1, 0.15) is 37.5 Å². The van der Waals surface area contributed by atoms with Gasteiger partial charge in [0.2, 0.25) is 0 Å². The van der Waals surface area contributed by atoms with E-state index < -0.39 is 0 Å². The van der Waals surface area contributed by atoms with E-state index in [1.807, 2.05) is 6.20 Å². The van der Waals surface area contributed by atoms with Gasteiger partial charge in [-0.3, -0.25) is 9.78 Å². The second-order valence-corrected chi connectivity index (χ2v) is 5.45. The van der Waals surface area contributed by atoms with Crippen molar-refractivity contribution in [1.82, 2.24) is 4.98 Å². The Bertz CT molecular complexity index is 320. The van der Waals surface area contributed by atoms with Crippen LogP contribution in [0, 0.1) is 11.8 Å². The highest BCUT2D eigenvalue weighted by Gasteiger charge is 2.27. The van der Waals surface area contributed by atoms with Crippen molar-refractivity contribution >= 4 is 17.1 Å². The van der Waals surface area contributed by atoms with E-state index in [1.165, 1.54) is 19.3 Å². The maximum absolute atomic E-state index is 12.1. The SMILES string of the molecule is CC1CCCCC1C(=O)Cc1cncs1. The zero-order valence-corrected chi connectivity index (χ0v) is 9.93. The topological polar surface area (TPSA) is 30.0 Å². The Balaban J connectivity index is 1.95. The molecule has 3 heteroatoms. The van der Waals surface area contributed by atoms with Gasteiger partial charge in [-0.05, 0) is 12.3 Å². The number of hydrogen-bond donors (Lipinski definition) is 0. The number of nitrogens with zero attached hydrogens (tertiary/aromatic N) is 1. The van der Waals surface area contributed by atoms with E-state index in [4.69, 9.17) is 0 Å². The van der Waals surface area contributed by atoms with Gasteiger partial charge in [0, 0.05) is 23.4 Å². The molecular formula is C12H17NOS. The van der Waals surface area contributed by atoms with Crippen molar-refractivity contribution in [1.29, 1.82) is 0 Å². The average molecular weight is 223 g/mol. The molecule has 1 aliphatic carbocycles. The lowest BCUT2D eigenvalue weighted by Gasteiger charge is -2.27. The number of thiazole rings is 1. The average Bonchev–Trinajstić information content (AvgIpc) is 2.71. The van der Waals surface area contributed by atoms with E-state index in [2.05, 4.69) is 11.9 Å². The van der Waals surface area contributed by atoms with Crippen LogP contribution in [0.15, 0.2) is 11.7 Å². The highest BCUT2D eigenvalue weighted by atomic mass is 32.1. The van der Waals surface area contributed by atoms with Crippen molar-refractivity contribution in [2.24, 2.45) is 11.8 Å². The molecule has 0 saturated heterocycles. The lowest BCUT2D eigenvalue weighted by atomic mass is 9.77. The van der Waals surface area contributed by atoms with Crippen LogP contribution in [0.4, 0.5) is 0 Å². The first-order valence-corrected chi connectivity index (χ1v) is 6.55. The fourth-order valence-corrected chi connectivity index (χ4v) is 3.03. The standard InChI is InChI=1S/C12H17NOS/c1-9-4-2-3-5-11(9)12(14)6-10-7-13-8-15-10/h7-9,11H,2-6H2,1H3. The lowest BCUT2D eigenvalue weighted by molar-refractivity contribution is -0.124. The molecule has 1 saturated carbocycles. The van der Waals surface area contributed by atoms with E-state index in [0.717, 1.165) is 11.3 Å². The van der Waals surface area contributed by atoms with Gasteiger partial charge in [0.15, 0.2) is 0 Å². The number of ketones is 1. The number of hydrogen-bond acceptors (Lipinski definition) is 3. The maximum atomic E-state index is 12.1. The van der Waals surface area contributed by atoms with Gasteiger partial charge in [0.05, 0.1) is 5.51 Å². The Morgan fingerprint density at radius 1 is 1.53 bits per heavy atom. The molecule has 1 fully saturated rings. The molecule has 0 N–H and O–H groups in total. The molecular weight excluding hydrogens is 206 g/mol. The summed E-state index contributed by atoms with van der Waals surface area (Å²) in [4.78, 5) is 17.2. The van der Waals surface area contributed by atoms with Gasteiger partial charge < -0.3 is 0 Å². The fourth-order valence-electron chi connectivity index (χ4n) is 2.43. The number of carbonyl (C=O) groups is 1. The Labute approximate surface area is 94.7 Å². The zero-order chi connectivity index (χ0) is 10.7. The summed E-state index contributed by atoms with van der Waals surface area (Å²) in [7, 11) is 0. The minimum Gasteiger partial charge on any atom is -0.299 e. The van der Waals surface area contributed by atoms with Crippen molar-refractivity contribution in [3.63, 3.8) is 0 Å². The third kappa shape index (κ3) is 2.65. The fraction of sp³-hybridized carbons (Fsp3) is 0.667. The van der Waals surface area contributed by atoms with Crippen molar-refractivity contribution in [3.8, 4) is 0 Å². The minimum atomic E-state index is 0.306. The van der Waals surface area contributed by atoms with Gasteiger partial charge in [-0.1, -0.05) is 26.2 Å². The number of carbonyl (C=O) groups excluding carboxylic acids is 1. The van der Waals surface area contributed by atoms with Gasteiger partial charge in [0.1, 0.15) is 5.78 Å². The highest BCUT2D eigenvalue weighted by Crippen LogP contribution is 2.31. The summed E-state index contributed by atoms with van der Waals surface area (Å²) in [5.41, 5.74) is 1.80. The molecule has 2 unspecified atom stereocenters. The molecule has 82 valence electrons. The Morgan fingerprint density at radius 2 is 2.33 bits per heavy atom. The monoisotopic (exact) mass is 223 g/mol. The van der Waals surface area contributed by atoms with E-state index in [9.17, 15) is 4.79 Å². The number of Topliss-reactive ketones (excluding diaryl/α,β-unsaturated/α-hetero) is 1. The molecule has 1 aliphatic rings. The van der Waals surface area contributed by atoms with Gasteiger partial charge in [-0.2, -0.15) is 0 Å². The van der Waals surface area contributed by atoms with Crippen molar-refractivity contribution < 1.29 is 4.79 Å². The van der Waals surface area contributed by atoms with Gasteiger partial charge in [0.25, 0.3) is 0 Å². The molecule has 0 spiro atoms. The molecule has 15 heavy (non-hydrogen) atoms. The predicted molar refractivity (Wildman–Crippen MR) is 61.9 cm³/mol. The van der Waals surface area contributed by atoms with Crippen LogP contribution in [-0.2, 0) is 11.2 Å². The summed E-state index contributed by atoms with van der Waals surface area (Å²) in [6.45, 7) is 2.22. The minimum absolute atomic E-state index is 0.306. The Hall–Kier alpha value is -0.700. The molecule has 1 aromatic heterocycles. The molecule has 0 bridgehead atoms. The molecule has 2 atom stereocenters. The van der Waals surface area contributed by atoms with Gasteiger partial charge in [-0.25, -0.2) is 0 Å². The maximum Gasteiger partial charge on any atom is 0.141 e. The summed E-state index contributed by atoms with van der Waals surface area (Å²) in [6.07, 6.45) is 7.25. The lowest BCUT2D eigenvalue weighted by Crippen LogP contribution is -2.26. The molecule has 0 radical (unpaired) electrons. The first-order valence-electron chi connectivity index (χ1n) is 5.67. The first kappa shape index (κ1) is 10.8. The van der Waals surface area contributed by atoms with Crippen molar-refractivity contribution in [2.75, 3.05) is 0 Å². The largest absolute Gasteiger partial charge is 0.299 e. The van der Waals surface area contributed by atoms with Gasteiger partial charge in [-0.15, -0.1) is 11.3 Å². The van der Waals surface area contributed by atoms with E-state index in [-0.39, 0.29) is 0 Å². The summed E-state index contributed by atoms with van der Waals surface area (Å²) < 4.78 is 0. The highest BCUT2D eigenvalue weighted by molar-refractivity contribution is 7.09. The van der Waals surface area contributed by atoms with Crippen LogP contribution in [0.2, 0.25) is 0 Å². The van der Waals surface area contributed by atoms with E-state index in [0.29, 0.717) is 24.0 Å². The Kier molecular flexibility index (Phi) is 3.52. The van der Waals surface area contributed by atoms with Crippen molar-refractivity contribution in [2.45, 2.75) is 39.0 Å². The molecule has 0 amide bonds. The van der Waals surface area contributed by atoms with Crippen LogP contribution in [-0.4, -0.2) is 10.8 Å². The predicted octanol–water partition coefficient (Wildman–Crippen LogP) is 3.08. The number of rotatable bonds is 3. The molecule has 1 aromatic rings. The second-order valence-electron chi connectivity index (χ2n) is 4.48. The normalized spacial score (nSPS) is 26.5. The third-order valence-corrected chi connectivity index (χ3v) is 4.14. The number of aromatic nitrogens is 1. The molecule has 2 nitrogen and oxygen atoms in total. The summed E-state index contributed by atoms with van der Waals surface area (Å²) in [5.74, 6) is 1.31. The van der Waals surface area contributed by atoms with Gasteiger partial charge >= 0.3 is 0 Å². The summed E-state index contributed by atoms with van der Waals surface area (Å²) in [6, 6.07) is 0. The smallest absolute Gasteiger partial charge is 0.141 e. The molecule has 0 aliphatic heterocycles. The quantitative estimate of drug-likeness (QED) is 0.788. The van der Waals surface area contributed by atoms with E-state index >= 15 is 0 Å². The van der Waals surface area contributed by atoms with Crippen LogP contribution < -0.4 is 0 Å². The first-order chi connectivity index (χ1) is 7.27. The van der Waals surface area contributed by atoms with Crippen LogP contribution >= 0.6 is 11.3 Å². The molecule has 1 heterocycles. The Morgan fingerprint density at radius 3 is 3.00 bits per heavy atom. The van der Waals surface area contributed by atoms with Crippen LogP contribution in [0.3, 0.4) is 0 Å². The van der Waals surface area contributed by atoms with Crippen LogP contribution in [0.5, 0.6) is 0 Å². The van der Waals surface area contributed by atoms with Crippen molar-refractivity contribution in [3.05, 3.63) is 16.6 Å². The zero-order valence-electron chi connectivity index (χ0n) is 9.11. The summed E-state index contributed by atoms with van der Waals surface area (Å²) >= 11 is 1.58. The van der Waals surface area contributed by atoms with Crippen LogP contribution in [0.25, 0.3) is 0 Å². The molecule has 0 aromatic carbocycles. The summed E-state index contributed by atoms with van der Waals surface area (Å²) in [5, 5.41) is 0. The van der Waals surface area contributed by atoms with E-state index in [1.54, 1.807) is 16.8 Å².